The second-order valence-electron chi connectivity index (χ2n) is 4.58. The molecule has 5 heteroatoms. The monoisotopic (exact) mass is 320 g/mol. The van der Waals surface area contributed by atoms with Crippen LogP contribution in [0.5, 0.6) is 0 Å². The fourth-order valence-electron chi connectivity index (χ4n) is 1.79. The largest absolute Gasteiger partial charge is 0.399 e. The van der Waals surface area contributed by atoms with E-state index >= 15 is 0 Å². The van der Waals surface area contributed by atoms with Crippen LogP contribution in [-0.2, 0) is 11.2 Å². The summed E-state index contributed by atoms with van der Waals surface area (Å²) in [6.45, 7) is 2.10. The molecule has 0 radical (unpaired) electrons. The molecule has 0 bridgehead atoms. The minimum atomic E-state index is -0.0669. The molecule has 0 spiro atoms. The number of halogens is 1. The van der Waals surface area contributed by atoms with Crippen molar-refractivity contribution >= 4 is 40.6 Å². The zero-order valence-corrected chi connectivity index (χ0v) is 13.3. The summed E-state index contributed by atoms with van der Waals surface area (Å²) >= 11 is 7.44. The van der Waals surface area contributed by atoms with Gasteiger partial charge in [0.25, 0.3) is 0 Å². The van der Waals surface area contributed by atoms with Crippen molar-refractivity contribution in [3.63, 3.8) is 0 Å². The summed E-state index contributed by atoms with van der Waals surface area (Å²) in [5.41, 5.74) is 8.40. The first-order valence-corrected chi connectivity index (χ1v) is 8.01. The third-order valence-corrected chi connectivity index (χ3v) is 4.46. The average Bonchev–Trinajstić information content (AvgIpc) is 2.49. The van der Waals surface area contributed by atoms with Gasteiger partial charge in [-0.2, -0.15) is 0 Å². The van der Waals surface area contributed by atoms with Gasteiger partial charge in [-0.3, -0.25) is 4.79 Å². The van der Waals surface area contributed by atoms with Crippen molar-refractivity contribution in [1.29, 1.82) is 0 Å². The van der Waals surface area contributed by atoms with Gasteiger partial charge in [0.1, 0.15) is 0 Å². The van der Waals surface area contributed by atoms with Crippen LogP contribution in [0.4, 0.5) is 11.4 Å². The smallest absolute Gasteiger partial charge is 0.234 e. The van der Waals surface area contributed by atoms with Gasteiger partial charge in [0.2, 0.25) is 5.91 Å². The van der Waals surface area contributed by atoms with Crippen molar-refractivity contribution in [3.8, 4) is 0 Å². The molecule has 2 aromatic carbocycles. The Balaban J connectivity index is 1.91. The Morgan fingerprint density at radius 3 is 2.62 bits per heavy atom. The van der Waals surface area contributed by atoms with Gasteiger partial charge in [0, 0.05) is 16.3 Å². The number of benzene rings is 2. The zero-order chi connectivity index (χ0) is 15.2. The summed E-state index contributed by atoms with van der Waals surface area (Å²) in [4.78, 5) is 12.7. The molecule has 0 heterocycles. The third kappa shape index (κ3) is 4.69. The van der Waals surface area contributed by atoms with Crippen LogP contribution in [0.25, 0.3) is 0 Å². The van der Waals surface area contributed by atoms with E-state index in [9.17, 15) is 4.79 Å². The van der Waals surface area contributed by atoms with E-state index < -0.39 is 0 Å². The molecular formula is C16H17ClN2OS. The first kappa shape index (κ1) is 15.7. The van der Waals surface area contributed by atoms with Crippen LogP contribution < -0.4 is 11.1 Å². The second kappa shape index (κ2) is 7.38. The van der Waals surface area contributed by atoms with Gasteiger partial charge in [-0.25, -0.2) is 0 Å². The number of nitrogen functional groups attached to an aromatic ring is 1. The number of nitrogens with two attached hydrogens (primary N) is 1. The summed E-state index contributed by atoms with van der Waals surface area (Å²) in [5, 5.41) is 3.47. The standard InChI is InChI=1S/C16H17ClN2OS/c1-2-11-3-6-13(7-4-11)19-16(20)10-21-15-9-12(18)5-8-14(15)17/h3-9H,2,10,18H2,1H3,(H,19,20). The first-order chi connectivity index (χ1) is 10.1. The molecule has 3 nitrogen and oxygen atoms in total. The van der Waals surface area contributed by atoms with E-state index in [1.807, 2.05) is 24.3 Å². The summed E-state index contributed by atoms with van der Waals surface area (Å²) in [6, 6.07) is 13.1. The van der Waals surface area contributed by atoms with Crippen LogP contribution in [0.1, 0.15) is 12.5 Å². The molecule has 0 aliphatic rings. The number of carbonyl (C=O) groups is 1. The molecule has 1 amide bonds. The van der Waals surface area contributed by atoms with E-state index in [0.29, 0.717) is 16.5 Å². The van der Waals surface area contributed by atoms with Crippen LogP contribution in [0.15, 0.2) is 47.4 Å². The molecule has 21 heavy (non-hydrogen) atoms. The van der Waals surface area contributed by atoms with Crippen molar-refractivity contribution in [1.82, 2.24) is 0 Å². The molecular weight excluding hydrogens is 304 g/mol. The Hall–Kier alpha value is -1.65. The van der Waals surface area contributed by atoms with Crippen LogP contribution in [0.3, 0.4) is 0 Å². The van der Waals surface area contributed by atoms with Crippen molar-refractivity contribution in [2.75, 3.05) is 16.8 Å². The summed E-state index contributed by atoms with van der Waals surface area (Å²) in [6.07, 6.45) is 0.984. The molecule has 0 aliphatic heterocycles. The maximum atomic E-state index is 11.9. The van der Waals surface area contributed by atoms with Crippen LogP contribution in [0, 0.1) is 0 Å². The number of rotatable bonds is 5. The molecule has 2 aromatic rings. The minimum Gasteiger partial charge on any atom is -0.399 e. The lowest BCUT2D eigenvalue weighted by atomic mass is 10.1. The Labute approximate surface area is 133 Å². The van der Waals surface area contributed by atoms with E-state index in [0.717, 1.165) is 17.0 Å². The van der Waals surface area contributed by atoms with E-state index in [2.05, 4.69) is 12.2 Å². The van der Waals surface area contributed by atoms with Gasteiger partial charge in [-0.15, -0.1) is 11.8 Å². The molecule has 0 saturated carbocycles. The van der Waals surface area contributed by atoms with E-state index in [1.165, 1.54) is 17.3 Å². The van der Waals surface area contributed by atoms with E-state index in [1.54, 1.807) is 18.2 Å². The highest BCUT2D eigenvalue weighted by atomic mass is 35.5. The fourth-order valence-corrected chi connectivity index (χ4v) is 2.86. The Kier molecular flexibility index (Phi) is 5.53. The average molecular weight is 321 g/mol. The van der Waals surface area contributed by atoms with Gasteiger partial charge in [0.15, 0.2) is 0 Å². The van der Waals surface area contributed by atoms with Crippen LogP contribution in [-0.4, -0.2) is 11.7 Å². The quantitative estimate of drug-likeness (QED) is 0.640. The van der Waals surface area contributed by atoms with Crippen LogP contribution in [0.2, 0.25) is 5.02 Å². The number of hydrogen-bond acceptors (Lipinski definition) is 3. The molecule has 0 aromatic heterocycles. The van der Waals surface area contributed by atoms with Crippen molar-refractivity contribution < 1.29 is 4.79 Å². The molecule has 0 atom stereocenters. The number of nitrogens with one attached hydrogen (secondary N) is 1. The lowest BCUT2D eigenvalue weighted by Gasteiger charge is -2.07. The third-order valence-electron chi connectivity index (χ3n) is 2.96. The van der Waals surface area contributed by atoms with Gasteiger partial charge >= 0.3 is 0 Å². The number of amides is 1. The molecule has 0 saturated heterocycles. The van der Waals surface area contributed by atoms with Crippen molar-refractivity contribution in [2.45, 2.75) is 18.2 Å². The molecule has 2 rings (SSSR count). The number of thioether (sulfide) groups is 1. The molecule has 0 fully saturated rings. The predicted molar refractivity (Wildman–Crippen MR) is 91.0 cm³/mol. The van der Waals surface area contributed by atoms with Gasteiger partial charge < -0.3 is 11.1 Å². The highest BCUT2D eigenvalue weighted by Gasteiger charge is 2.07. The SMILES string of the molecule is CCc1ccc(NC(=O)CSc2cc(N)ccc2Cl)cc1. The molecule has 3 N–H and O–H groups in total. The topological polar surface area (TPSA) is 55.1 Å². The second-order valence-corrected chi connectivity index (χ2v) is 6.00. The Morgan fingerprint density at radius 2 is 1.95 bits per heavy atom. The van der Waals surface area contributed by atoms with Crippen LogP contribution >= 0.6 is 23.4 Å². The number of hydrogen-bond donors (Lipinski definition) is 2. The predicted octanol–water partition coefficient (Wildman–Crippen LogP) is 4.22. The van der Waals surface area contributed by atoms with Gasteiger partial charge in [0.05, 0.1) is 10.8 Å². The highest BCUT2D eigenvalue weighted by molar-refractivity contribution is 8.00. The minimum absolute atomic E-state index is 0.0669. The lowest BCUT2D eigenvalue weighted by molar-refractivity contribution is -0.113. The van der Waals surface area contributed by atoms with Gasteiger partial charge in [-0.1, -0.05) is 30.7 Å². The highest BCUT2D eigenvalue weighted by Crippen LogP contribution is 2.29. The summed E-state index contributed by atoms with van der Waals surface area (Å²) in [7, 11) is 0. The number of aryl methyl sites for hydroxylation is 1. The van der Waals surface area contributed by atoms with E-state index in [4.69, 9.17) is 17.3 Å². The molecule has 110 valence electrons. The lowest BCUT2D eigenvalue weighted by Crippen LogP contribution is -2.13. The molecule has 0 unspecified atom stereocenters. The Bertz CT molecular complexity index is 629. The maximum absolute atomic E-state index is 11.9. The summed E-state index contributed by atoms with van der Waals surface area (Å²) in [5.74, 6) is 0.223. The fraction of sp³-hybridized carbons (Fsp3) is 0.188. The van der Waals surface area contributed by atoms with Crippen molar-refractivity contribution in [3.05, 3.63) is 53.1 Å². The number of anilines is 2. The molecule has 0 aliphatic carbocycles. The van der Waals surface area contributed by atoms with Crippen molar-refractivity contribution in [2.24, 2.45) is 0 Å². The normalized spacial score (nSPS) is 10.4. The van der Waals surface area contributed by atoms with E-state index in [-0.39, 0.29) is 5.91 Å². The zero-order valence-electron chi connectivity index (χ0n) is 11.7. The first-order valence-electron chi connectivity index (χ1n) is 6.65. The summed E-state index contributed by atoms with van der Waals surface area (Å²) < 4.78 is 0. The maximum Gasteiger partial charge on any atom is 0.234 e. The number of carbonyl (C=O) groups excluding carboxylic acids is 1. The van der Waals surface area contributed by atoms with Gasteiger partial charge in [-0.05, 0) is 42.3 Å². The Morgan fingerprint density at radius 1 is 1.24 bits per heavy atom.